The number of carbonyl (C=O) groups is 1. The van der Waals surface area contributed by atoms with E-state index in [1.807, 2.05) is 25.1 Å². The zero-order valence-electron chi connectivity index (χ0n) is 14.2. The van der Waals surface area contributed by atoms with Crippen LogP contribution in [0.15, 0.2) is 30.3 Å². The van der Waals surface area contributed by atoms with Gasteiger partial charge in [-0.25, -0.2) is 4.79 Å². The van der Waals surface area contributed by atoms with Gasteiger partial charge in [0, 0.05) is 0 Å². The zero-order valence-corrected chi connectivity index (χ0v) is 14.2. The maximum absolute atomic E-state index is 12.7. The Bertz CT molecular complexity index is 729. The first-order valence-corrected chi connectivity index (χ1v) is 8.52. The van der Waals surface area contributed by atoms with Gasteiger partial charge in [-0.15, -0.1) is 0 Å². The van der Waals surface area contributed by atoms with Gasteiger partial charge in [-0.3, -0.25) is 0 Å². The molecule has 0 saturated heterocycles. The molecule has 2 aromatic carbocycles. The molecule has 23 heavy (non-hydrogen) atoms. The fourth-order valence-electron chi connectivity index (χ4n) is 3.83. The topological polar surface area (TPSA) is 26.3 Å². The largest absolute Gasteiger partial charge is 0.462 e. The van der Waals surface area contributed by atoms with Crippen LogP contribution < -0.4 is 0 Å². The molecule has 0 fully saturated rings. The summed E-state index contributed by atoms with van der Waals surface area (Å²) in [6.45, 7) is 6.51. The van der Waals surface area contributed by atoms with Crippen LogP contribution in [0.5, 0.6) is 0 Å². The Morgan fingerprint density at radius 1 is 1.00 bits per heavy atom. The molecule has 0 N–H and O–H groups in total. The van der Waals surface area contributed by atoms with Crippen LogP contribution in [0.1, 0.15) is 52.4 Å². The van der Waals surface area contributed by atoms with Crippen molar-refractivity contribution in [3.63, 3.8) is 0 Å². The van der Waals surface area contributed by atoms with Crippen molar-refractivity contribution in [2.24, 2.45) is 0 Å². The van der Waals surface area contributed by atoms with Crippen LogP contribution in [0.25, 0.3) is 11.1 Å². The maximum Gasteiger partial charge on any atom is 0.339 e. The molecule has 0 amide bonds. The second-order valence-corrected chi connectivity index (χ2v) is 6.25. The van der Waals surface area contributed by atoms with Gasteiger partial charge < -0.3 is 4.74 Å². The number of rotatable bonds is 3. The van der Waals surface area contributed by atoms with Gasteiger partial charge in [0.25, 0.3) is 0 Å². The first-order valence-electron chi connectivity index (χ1n) is 8.52. The Hall–Kier alpha value is -2.09. The van der Waals surface area contributed by atoms with E-state index < -0.39 is 0 Å². The molecular weight excluding hydrogens is 284 g/mol. The Kier molecular flexibility index (Phi) is 4.51. The van der Waals surface area contributed by atoms with Gasteiger partial charge in [-0.1, -0.05) is 30.3 Å². The Labute approximate surface area is 138 Å². The van der Waals surface area contributed by atoms with E-state index in [2.05, 4.69) is 26.0 Å². The highest BCUT2D eigenvalue weighted by Crippen LogP contribution is 2.38. The van der Waals surface area contributed by atoms with E-state index in [0.29, 0.717) is 6.61 Å². The number of ether oxygens (including phenoxy) is 1. The second-order valence-electron chi connectivity index (χ2n) is 6.25. The van der Waals surface area contributed by atoms with Gasteiger partial charge in [-0.2, -0.15) is 0 Å². The number of fused-ring (bicyclic) bond motifs is 1. The van der Waals surface area contributed by atoms with Crippen molar-refractivity contribution in [1.29, 1.82) is 0 Å². The quantitative estimate of drug-likeness (QED) is 0.744. The molecule has 0 aliphatic heterocycles. The molecule has 0 spiro atoms. The number of esters is 1. The molecule has 2 nitrogen and oxygen atoms in total. The average molecular weight is 308 g/mol. The summed E-state index contributed by atoms with van der Waals surface area (Å²) in [4.78, 5) is 12.7. The summed E-state index contributed by atoms with van der Waals surface area (Å²) in [6.07, 6.45) is 4.63. The molecule has 2 aromatic rings. The van der Waals surface area contributed by atoms with Gasteiger partial charge >= 0.3 is 5.97 Å². The molecule has 0 atom stereocenters. The molecule has 0 unspecified atom stereocenters. The van der Waals surface area contributed by atoms with Gasteiger partial charge in [0.2, 0.25) is 0 Å². The van der Waals surface area contributed by atoms with Crippen molar-refractivity contribution in [3.8, 4) is 11.1 Å². The third-order valence-electron chi connectivity index (χ3n) is 4.92. The monoisotopic (exact) mass is 308 g/mol. The van der Waals surface area contributed by atoms with Crippen LogP contribution in [0, 0.1) is 13.8 Å². The normalized spacial score (nSPS) is 13.5. The molecule has 3 rings (SSSR count). The van der Waals surface area contributed by atoms with Crippen molar-refractivity contribution < 1.29 is 9.53 Å². The first kappa shape index (κ1) is 15.8. The maximum atomic E-state index is 12.7. The van der Waals surface area contributed by atoms with Crippen LogP contribution in [0.3, 0.4) is 0 Å². The lowest BCUT2D eigenvalue weighted by Crippen LogP contribution is -2.16. The van der Waals surface area contributed by atoms with Gasteiger partial charge in [0.05, 0.1) is 12.2 Å². The third-order valence-corrected chi connectivity index (χ3v) is 4.92. The Morgan fingerprint density at radius 2 is 1.61 bits per heavy atom. The van der Waals surface area contributed by atoms with Crippen LogP contribution >= 0.6 is 0 Å². The molecule has 1 aliphatic rings. The molecule has 0 bridgehead atoms. The summed E-state index contributed by atoms with van der Waals surface area (Å²) >= 11 is 0. The molecule has 0 heterocycles. The summed E-state index contributed by atoms with van der Waals surface area (Å²) in [5.74, 6) is -0.194. The standard InChI is InChI=1S/C21H24O2/c1-4-23-21(22)20-15(3)18-13-9-8-12-17(18)14(2)19(20)16-10-6-5-7-11-16/h5-7,10-11H,4,8-9,12-13H2,1-3H3. The minimum Gasteiger partial charge on any atom is -0.462 e. The van der Waals surface area contributed by atoms with E-state index in [1.165, 1.54) is 29.5 Å². The Balaban J connectivity index is 2.31. The van der Waals surface area contributed by atoms with E-state index in [9.17, 15) is 4.79 Å². The van der Waals surface area contributed by atoms with Crippen molar-refractivity contribution in [1.82, 2.24) is 0 Å². The minimum absolute atomic E-state index is 0.194. The number of carbonyl (C=O) groups excluding carboxylic acids is 1. The van der Waals surface area contributed by atoms with Gasteiger partial charge in [0.1, 0.15) is 0 Å². The molecule has 0 radical (unpaired) electrons. The van der Waals surface area contributed by atoms with Crippen LogP contribution in [0.4, 0.5) is 0 Å². The lowest BCUT2D eigenvalue weighted by atomic mass is 9.79. The molecule has 0 aromatic heterocycles. The van der Waals surface area contributed by atoms with E-state index >= 15 is 0 Å². The summed E-state index contributed by atoms with van der Waals surface area (Å²) < 4.78 is 5.38. The minimum atomic E-state index is -0.194. The second kappa shape index (κ2) is 6.57. The lowest BCUT2D eigenvalue weighted by Gasteiger charge is -2.26. The fraction of sp³-hybridized carbons (Fsp3) is 0.381. The number of benzene rings is 2. The van der Waals surface area contributed by atoms with E-state index in [-0.39, 0.29) is 5.97 Å². The summed E-state index contributed by atoms with van der Waals surface area (Å²) in [6, 6.07) is 10.2. The molecular formula is C21H24O2. The SMILES string of the molecule is CCOC(=O)c1c(C)c2c(c(C)c1-c1ccccc1)CCCC2. The summed E-state index contributed by atoms with van der Waals surface area (Å²) in [7, 11) is 0. The van der Waals surface area contributed by atoms with Crippen LogP contribution in [0.2, 0.25) is 0 Å². The highest BCUT2D eigenvalue weighted by molar-refractivity contribution is 6.00. The smallest absolute Gasteiger partial charge is 0.339 e. The van der Waals surface area contributed by atoms with Crippen LogP contribution in [-0.4, -0.2) is 12.6 Å². The highest BCUT2D eigenvalue weighted by atomic mass is 16.5. The first-order chi connectivity index (χ1) is 11.1. The van der Waals surface area contributed by atoms with E-state index in [4.69, 9.17) is 4.74 Å². The molecule has 1 aliphatic carbocycles. The van der Waals surface area contributed by atoms with Crippen molar-refractivity contribution >= 4 is 5.97 Å². The third kappa shape index (κ3) is 2.78. The van der Waals surface area contributed by atoms with Crippen molar-refractivity contribution in [2.75, 3.05) is 6.61 Å². The van der Waals surface area contributed by atoms with E-state index in [1.54, 1.807) is 0 Å². The van der Waals surface area contributed by atoms with Crippen LogP contribution in [-0.2, 0) is 17.6 Å². The number of hydrogen-bond donors (Lipinski definition) is 0. The molecule has 120 valence electrons. The van der Waals surface area contributed by atoms with Crippen molar-refractivity contribution in [2.45, 2.75) is 46.5 Å². The number of hydrogen-bond acceptors (Lipinski definition) is 2. The Morgan fingerprint density at radius 3 is 2.22 bits per heavy atom. The lowest BCUT2D eigenvalue weighted by molar-refractivity contribution is 0.0526. The van der Waals surface area contributed by atoms with Gasteiger partial charge in [-0.05, 0) is 79.8 Å². The van der Waals surface area contributed by atoms with E-state index in [0.717, 1.165) is 35.1 Å². The highest BCUT2D eigenvalue weighted by Gasteiger charge is 2.26. The zero-order chi connectivity index (χ0) is 16.4. The summed E-state index contributed by atoms with van der Waals surface area (Å²) in [5, 5.41) is 0. The molecule has 2 heteroatoms. The predicted molar refractivity (Wildman–Crippen MR) is 94.0 cm³/mol. The average Bonchev–Trinajstić information content (AvgIpc) is 2.58. The van der Waals surface area contributed by atoms with Gasteiger partial charge in [0.15, 0.2) is 0 Å². The fourth-order valence-corrected chi connectivity index (χ4v) is 3.83. The molecule has 0 saturated carbocycles. The summed E-state index contributed by atoms with van der Waals surface area (Å²) in [5.41, 5.74) is 8.10. The van der Waals surface area contributed by atoms with Crippen molar-refractivity contribution in [3.05, 3.63) is 58.1 Å². The predicted octanol–water partition coefficient (Wildman–Crippen LogP) is 5.03.